The summed E-state index contributed by atoms with van der Waals surface area (Å²) in [7, 11) is 0. The molecule has 2 amide bonds. The van der Waals surface area contributed by atoms with Gasteiger partial charge in [-0.3, -0.25) is 9.59 Å². The van der Waals surface area contributed by atoms with Gasteiger partial charge in [-0.05, 0) is 66.4 Å². The molecule has 0 saturated heterocycles. The van der Waals surface area contributed by atoms with Crippen LogP contribution in [-0.4, -0.2) is 17.5 Å². The highest BCUT2D eigenvalue weighted by atomic mass is 79.9. The number of aryl methyl sites for hydroxylation is 2. The maximum Gasteiger partial charge on any atom is 0.291 e. The van der Waals surface area contributed by atoms with Crippen molar-refractivity contribution < 1.29 is 14.0 Å². The molecule has 31 heavy (non-hydrogen) atoms. The summed E-state index contributed by atoms with van der Waals surface area (Å²) in [6, 6.07) is 14.8. The molecule has 2 aromatic carbocycles. The summed E-state index contributed by atoms with van der Waals surface area (Å²) in [5, 5.41) is 7.30. The van der Waals surface area contributed by atoms with E-state index in [4.69, 9.17) is 4.42 Å². The van der Waals surface area contributed by atoms with E-state index in [2.05, 4.69) is 31.8 Å². The molecule has 0 radical (unpaired) electrons. The highest BCUT2D eigenvalue weighted by molar-refractivity contribution is 9.10. The third kappa shape index (κ3) is 4.32. The molecule has 1 heterocycles. The van der Waals surface area contributed by atoms with Crippen LogP contribution in [0.4, 0.5) is 5.69 Å². The lowest BCUT2D eigenvalue weighted by atomic mass is 9.93. The van der Waals surface area contributed by atoms with Crippen molar-refractivity contribution in [3.05, 3.63) is 86.8 Å². The number of benzene rings is 2. The number of carbonyl (C=O) groups excluding carboxylic acids is 2. The molecule has 6 nitrogen and oxygen atoms in total. The summed E-state index contributed by atoms with van der Waals surface area (Å²) in [6.07, 6.45) is 2.26. The molecule has 0 unspecified atom stereocenters. The van der Waals surface area contributed by atoms with Crippen LogP contribution in [0.15, 0.2) is 62.5 Å². The molecular weight excluding hydrogens is 458 g/mol. The second-order valence-electron chi connectivity index (χ2n) is 7.46. The molecule has 158 valence electrons. The number of halogens is 1. The highest BCUT2D eigenvalue weighted by Gasteiger charge is 2.28. The summed E-state index contributed by atoms with van der Waals surface area (Å²) < 4.78 is 6.64. The number of fused-ring (bicyclic) bond motifs is 1. The number of hydrogen-bond donors (Lipinski definition) is 2. The summed E-state index contributed by atoms with van der Waals surface area (Å²) in [6.45, 7) is 3.79. The van der Waals surface area contributed by atoms with Crippen molar-refractivity contribution in [3.63, 3.8) is 0 Å². The molecule has 0 fully saturated rings. The van der Waals surface area contributed by atoms with Gasteiger partial charge >= 0.3 is 0 Å². The number of furan rings is 1. The van der Waals surface area contributed by atoms with Crippen LogP contribution >= 0.6 is 15.9 Å². The van der Waals surface area contributed by atoms with Crippen LogP contribution in [0.5, 0.6) is 0 Å². The number of amides is 2. The van der Waals surface area contributed by atoms with Gasteiger partial charge in [0.2, 0.25) is 0 Å². The standard InChI is InChI=1S/C24H22BrN3O3/c1-14-8-3-6-11-18(14)26-24(30)22-15(2)21-19(12-7-13-20(21)31-22)27-28-23(29)16-9-4-5-10-17(16)25/h3-6,8-11H,7,12-13H2,1-2H3,(H,26,30)(H,28,29)/b27-19+. The number of para-hydroxylation sites is 1. The average Bonchev–Trinajstić information content (AvgIpc) is 3.11. The van der Waals surface area contributed by atoms with Crippen LogP contribution in [0.25, 0.3) is 0 Å². The van der Waals surface area contributed by atoms with Gasteiger partial charge in [0.15, 0.2) is 5.76 Å². The van der Waals surface area contributed by atoms with Crippen molar-refractivity contribution in [1.29, 1.82) is 0 Å². The number of carbonyl (C=O) groups is 2. The average molecular weight is 480 g/mol. The van der Waals surface area contributed by atoms with Gasteiger partial charge < -0.3 is 9.73 Å². The molecule has 0 atom stereocenters. The third-order valence-corrected chi connectivity index (χ3v) is 6.03. The molecule has 4 rings (SSSR count). The van der Waals surface area contributed by atoms with Crippen molar-refractivity contribution in [2.75, 3.05) is 5.32 Å². The van der Waals surface area contributed by atoms with Gasteiger partial charge in [-0.25, -0.2) is 5.43 Å². The van der Waals surface area contributed by atoms with Crippen LogP contribution in [0.2, 0.25) is 0 Å². The Kier molecular flexibility index (Phi) is 6.04. The quantitative estimate of drug-likeness (QED) is 0.492. The number of anilines is 1. The number of nitrogens with one attached hydrogen (secondary N) is 2. The van der Waals surface area contributed by atoms with E-state index in [1.165, 1.54) is 0 Å². The Morgan fingerprint density at radius 1 is 1.00 bits per heavy atom. The van der Waals surface area contributed by atoms with E-state index in [1.54, 1.807) is 18.2 Å². The van der Waals surface area contributed by atoms with Crippen LogP contribution in [-0.2, 0) is 6.42 Å². The minimum atomic E-state index is -0.300. The van der Waals surface area contributed by atoms with E-state index in [0.29, 0.717) is 16.5 Å². The number of nitrogens with zero attached hydrogens (tertiary/aromatic N) is 1. The normalized spacial score (nSPS) is 14.2. The van der Waals surface area contributed by atoms with Gasteiger partial charge in [-0.2, -0.15) is 5.10 Å². The van der Waals surface area contributed by atoms with E-state index >= 15 is 0 Å². The van der Waals surface area contributed by atoms with Gasteiger partial charge in [-0.1, -0.05) is 30.3 Å². The first-order valence-electron chi connectivity index (χ1n) is 10.1. The zero-order chi connectivity index (χ0) is 22.0. The van der Waals surface area contributed by atoms with Crippen molar-refractivity contribution in [2.45, 2.75) is 33.1 Å². The third-order valence-electron chi connectivity index (χ3n) is 5.34. The predicted octanol–water partition coefficient (Wildman–Crippen LogP) is 5.38. The zero-order valence-corrected chi connectivity index (χ0v) is 18.9. The van der Waals surface area contributed by atoms with Crippen molar-refractivity contribution in [2.24, 2.45) is 5.10 Å². The van der Waals surface area contributed by atoms with Crippen molar-refractivity contribution in [1.82, 2.24) is 5.43 Å². The first-order valence-corrected chi connectivity index (χ1v) is 10.9. The van der Waals surface area contributed by atoms with Gasteiger partial charge in [0, 0.05) is 27.7 Å². The minimum absolute atomic E-state index is 0.278. The van der Waals surface area contributed by atoms with Gasteiger partial charge in [0.05, 0.1) is 11.3 Å². The predicted molar refractivity (Wildman–Crippen MR) is 124 cm³/mol. The fourth-order valence-corrected chi connectivity index (χ4v) is 4.18. The van der Waals surface area contributed by atoms with E-state index in [1.807, 2.05) is 44.2 Å². The van der Waals surface area contributed by atoms with Gasteiger partial charge in [0.25, 0.3) is 11.8 Å². The number of hydrogen-bond acceptors (Lipinski definition) is 4. The molecule has 0 spiro atoms. The first kappa shape index (κ1) is 21.1. The van der Waals surface area contributed by atoms with Crippen molar-refractivity contribution in [3.8, 4) is 0 Å². The molecule has 1 aromatic heterocycles. The topological polar surface area (TPSA) is 83.7 Å². The summed E-state index contributed by atoms with van der Waals surface area (Å²) in [4.78, 5) is 25.4. The number of hydrazone groups is 1. The zero-order valence-electron chi connectivity index (χ0n) is 17.3. The summed E-state index contributed by atoms with van der Waals surface area (Å²) in [5.74, 6) is 0.413. The van der Waals surface area contributed by atoms with Crippen LogP contribution in [0.3, 0.4) is 0 Å². The fraction of sp³-hybridized carbons (Fsp3) is 0.208. The molecule has 3 aromatic rings. The largest absolute Gasteiger partial charge is 0.455 e. The molecule has 0 bridgehead atoms. The fourth-order valence-electron chi connectivity index (χ4n) is 3.71. The Morgan fingerprint density at radius 3 is 2.52 bits per heavy atom. The lowest BCUT2D eigenvalue weighted by Crippen LogP contribution is -2.22. The van der Waals surface area contributed by atoms with Gasteiger partial charge in [-0.15, -0.1) is 0 Å². The molecule has 1 aliphatic rings. The lowest BCUT2D eigenvalue weighted by Gasteiger charge is -2.13. The molecule has 2 N–H and O–H groups in total. The van der Waals surface area contributed by atoms with E-state index < -0.39 is 0 Å². The molecule has 0 aliphatic heterocycles. The Bertz CT molecular complexity index is 1200. The Balaban J connectivity index is 1.59. The second kappa shape index (κ2) is 8.89. The maximum atomic E-state index is 12.9. The minimum Gasteiger partial charge on any atom is -0.455 e. The SMILES string of the molecule is Cc1ccccc1NC(=O)c1oc2c(c1C)/C(=N/NC(=O)c1ccccc1Br)CCC2. The summed E-state index contributed by atoms with van der Waals surface area (Å²) in [5.41, 5.74) is 7.13. The van der Waals surface area contributed by atoms with Crippen LogP contribution in [0.1, 0.15) is 56.2 Å². The first-order chi connectivity index (χ1) is 15.0. The second-order valence-corrected chi connectivity index (χ2v) is 8.31. The Morgan fingerprint density at radius 2 is 1.74 bits per heavy atom. The Hall–Kier alpha value is -3.19. The maximum absolute atomic E-state index is 12.9. The van der Waals surface area contributed by atoms with E-state index in [9.17, 15) is 9.59 Å². The smallest absolute Gasteiger partial charge is 0.291 e. The van der Waals surface area contributed by atoms with E-state index in [0.717, 1.165) is 46.7 Å². The summed E-state index contributed by atoms with van der Waals surface area (Å²) >= 11 is 3.38. The molecule has 7 heteroatoms. The van der Waals surface area contributed by atoms with E-state index in [-0.39, 0.29) is 17.6 Å². The highest BCUT2D eigenvalue weighted by Crippen LogP contribution is 2.30. The molecular formula is C24H22BrN3O3. The monoisotopic (exact) mass is 479 g/mol. The van der Waals surface area contributed by atoms with Crippen molar-refractivity contribution >= 4 is 39.1 Å². The Labute approximate surface area is 188 Å². The van der Waals surface area contributed by atoms with Gasteiger partial charge in [0.1, 0.15) is 5.76 Å². The van der Waals surface area contributed by atoms with Crippen LogP contribution in [0, 0.1) is 13.8 Å². The molecule has 1 aliphatic carbocycles. The van der Waals surface area contributed by atoms with Crippen LogP contribution < -0.4 is 10.7 Å². The number of rotatable bonds is 4. The lowest BCUT2D eigenvalue weighted by molar-refractivity contribution is 0.0952. The molecule has 0 saturated carbocycles.